The quantitative estimate of drug-likeness (QED) is 0.717. The van der Waals surface area contributed by atoms with Gasteiger partial charge in [-0.2, -0.15) is 0 Å². The lowest BCUT2D eigenvalue weighted by Crippen LogP contribution is -2.35. The van der Waals surface area contributed by atoms with Gasteiger partial charge in [0.25, 0.3) is 0 Å². The summed E-state index contributed by atoms with van der Waals surface area (Å²) in [7, 11) is 1.60. The van der Waals surface area contributed by atoms with Crippen molar-refractivity contribution in [3.8, 4) is 0 Å². The molecule has 6 nitrogen and oxygen atoms in total. The van der Waals surface area contributed by atoms with E-state index in [1.165, 1.54) is 6.33 Å². The van der Waals surface area contributed by atoms with Gasteiger partial charge in [0.15, 0.2) is 0 Å². The van der Waals surface area contributed by atoms with Crippen molar-refractivity contribution in [1.29, 1.82) is 0 Å². The lowest BCUT2D eigenvalue weighted by Gasteiger charge is -2.18. The average Bonchev–Trinajstić information content (AvgIpc) is 2.27. The molecule has 0 fully saturated rings. The second-order valence-corrected chi connectivity index (χ2v) is 4.16. The highest BCUT2D eigenvalue weighted by Gasteiger charge is 2.17. The molecule has 0 saturated heterocycles. The van der Waals surface area contributed by atoms with E-state index < -0.39 is 0 Å². The van der Waals surface area contributed by atoms with Crippen molar-refractivity contribution in [3.05, 3.63) is 11.9 Å². The number of nitrogens with one attached hydrogen (secondary N) is 2. The van der Waals surface area contributed by atoms with Crippen LogP contribution in [0, 0.1) is 0 Å². The van der Waals surface area contributed by atoms with E-state index >= 15 is 0 Å². The van der Waals surface area contributed by atoms with Crippen LogP contribution in [0.4, 0.5) is 11.6 Å². The number of hydrogen-bond donors (Lipinski definition) is 3. The van der Waals surface area contributed by atoms with E-state index in [1.807, 2.05) is 13.8 Å². The first-order valence-electron chi connectivity index (χ1n) is 5.55. The molecule has 6 heteroatoms. The van der Waals surface area contributed by atoms with Crippen molar-refractivity contribution in [3.63, 3.8) is 0 Å². The van der Waals surface area contributed by atoms with Crippen LogP contribution in [0.25, 0.3) is 0 Å². The third-order valence-corrected chi connectivity index (χ3v) is 2.48. The standard InChI is InChI=1S/C11H19N5O/c1-6(2)8-9(12)14-5-15-10(8)16-7(3)11(17)13-4/h5-7H,1-4H3,(H,13,17)(H3,12,14,15,16). The summed E-state index contributed by atoms with van der Waals surface area (Å²) < 4.78 is 0. The molecule has 0 aliphatic rings. The van der Waals surface area contributed by atoms with E-state index in [-0.39, 0.29) is 17.9 Å². The molecule has 17 heavy (non-hydrogen) atoms. The van der Waals surface area contributed by atoms with Gasteiger partial charge in [0.2, 0.25) is 5.91 Å². The Balaban J connectivity index is 2.98. The minimum Gasteiger partial charge on any atom is -0.383 e. The minimum atomic E-state index is -0.369. The number of amides is 1. The van der Waals surface area contributed by atoms with Crippen LogP contribution in [0.2, 0.25) is 0 Å². The number of anilines is 2. The zero-order valence-electron chi connectivity index (χ0n) is 10.6. The Labute approximate surface area is 101 Å². The summed E-state index contributed by atoms with van der Waals surface area (Å²) >= 11 is 0. The Bertz CT molecular complexity index is 405. The number of aromatic nitrogens is 2. The third kappa shape index (κ3) is 3.05. The molecule has 0 aromatic carbocycles. The fraction of sp³-hybridized carbons (Fsp3) is 0.545. The number of hydrogen-bond acceptors (Lipinski definition) is 5. The molecule has 0 spiro atoms. The van der Waals surface area contributed by atoms with Crippen LogP contribution in [-0.2, 0) is 4.79 Å². The molecular formula is C11H19N5O. The van der Waals surface area contributed by atoms with Gasteiger partial charge in [-0.15, -0.1) is 0 Å². The number of nitrogens with two attached hydrogens (primary N) is 1. The topological polar surface area (TPSA) is 92.9 Å². The summed E-state index contributed by atoms with van der Waals surface area (Å²) in [5.41, 5.74) is 6.65. The molecule has 0 bridgehead atoms. The molecule has 0 radical (unpaired) electrons. The van der Waals surface area contributed by atoms with Crippen LogP contribution in [0.3, 0.4) is 0 Å². The molecule has 94 valence electrons. The molecule has 1 atom stereocenters. The number of nitrogen functional groups attached to an aromatic ring is 1. The van der Waals surface area contributed by atoms with Crippen LogP contribution in [-0.4, -0.2) is 29.0 Å². The molecule has 0 saturated carbocycles. The van der Waals surface area contributed by atoms with Gasteiger partial charge in [0, 0.05) is 12.6 Å². The zero-order valence-corrected chi connectivity index (χ0v) is 10.6. The van der Waals surface area contributed by atoms with Crippen molar-refractivity contribution in [2.24, 2.45) is 0 Å². The summed E-state index contributed by atoms with van der Waals surface area (Å²) in [5.74, 6) is 1.15. The smallest absolute Gasteiger partial charge is 0.241 e. The third-order valence-electron chi connectivity index (χ3n) is 2.48. The molecular weight excluding hydrogens is 218 g/mol. The highest BCUT2D eigenvalue weighted by molar-refractivity contribution is 5.84. The Hall–Kier alpha value is -1.85. The summed E-state index contributed by atoms with van der Waals surface area (Å²) in [4.78, 5) is 19.5. The van der Waals surface area contributed by atoms with Crippen molar-refractivity contribution >= 4 is 17.5 Å². The second kappa shape index (κ2) is 5.47. The van der Waals surface area contributed by atoms with Crippen LogP contribution >= 0.6 is 0 Å². The maximum Gasteiger partial charge on any atom is 0.241 e. The monoisotopic (exact) mass is 237 g/mol. The van der Waals surface area contributed by atoms with Crippen molar-refractivity contribution in [2.75, 3.05) is 18.1 Å². The summed E-state index contributed by atoms with van der Waals surface area (Å²) in [5, 5.41) is 5.61. The molecule has 4 N–H and O–H groups in total. The normalized spacial score (nSPS) is 12.3. The van der Waals surface area contributed by atoms with Gasteiger partial charge in [0.05, 0.1) is 0 Å². The number of rotatable bonds is 4. The van der Waals surface area contributed by atoms with Crippen molar-refractivity contribution < 1.29 is 4.79 Å². The van der Waals surface area contributed by atoms with Crippen molar-refractivity contribution in [1.82, 2.24) is 15.3 Å². The van der Waals surface area contributed by atoms with E-state index in [0.29, 0.717) is 11.6 Å². The Kier molecular flexibility index (Phi) is 4.25. The van der Waals surface area contributed by atoms with Crippen LogP contribution < -0.4 is 16.4 Å². The number of carbonyl (C=O) groups is 1. The van der Waals surface area contributed by atoms with Crippen LogP contribution in [0.1, 0.15) is 32.3 Å². The predicted octanol–water partition coefficient (Wildman–Crippen LogP) is 0.729. The largest absolute Gasteiger partial charge is 0.383 e. The Morgan fingerprint density at radius 1 is 1.35 bits per heavy atom. The van der Waals surface area contributed by atoms with E-state index in [9.17, 15) is 4.79 Å². The fourth-order valence-corrected chi connectivity index (χ4v) is 1.58. The fourth-order valence-electron chi connectivity index (χ4n) is 1.58. The highest BCUT2D eigenvalue weighted by Crippen LogP contribution is 2.26. The first-order chi connectivity index (χ1) is 7.97. The van der Waals surface area contributed by atoms with Gasteiger partial charge in [-0.1, -0.05) is 13.8 Å². The van der Waals surface area contributed by atoms with E-state index in [1.54, 1.807) is 14.0 Å². The summed E-state index contributed by atoms with van der Waals surface area (Å²) in [6, 6.07) is -0.369. The minimum absolute atomic E-state index is 0.100. The van der Waals surface area contributed by atoms with Gasteiger partial charge in [0.1, 0.15) is 24.0 Å². The van der Waals surface area contributed by atoms with Gasteiger partial charge >= 0.3 is 0 Å². The summed E-state index contributed by atoms with van der Waals surface area (Å²) in [6.07, 6.45) is 1.39. The molecule has 1 heterocycles. The first-order valence-corrected chi connectivity index (χ1v) is 5.55. The van der Waals surface area contributed by atoms with Gasteiger partial charge in [-0.25, -0.2) is 9.97 Å². The lowest BCUT2D eigenvalue weighted by atomic mass is 10.0. The van der Waals surface area contributed by atoms with E-state index in [0.717, 1.165) is 5.56 Å². The first kappa shape index (κ1) is 13.2. The van der Waals surface area contributed by atoms with E-state index in [4.69, 9.17) is 5.73 Å². The molecule has 1 aromatic rings. The van der Waals surface area contributed by atoms with E-state index in [2.05, 4.69) is 20.6 Å². The van der Waals surface area contributed by atoms with Crippen molar-refractivity contribution in [2.45, 2.75) is 32.7 Å². The summed E-state index contributed by atoms with van der Waals surface area (Å²) in [6.45, 7) is 5.77. The molecule has 0 aliphatic carbocycles. The Morgan fingerprint density at radius 3 is 2.53 bits per heavy atom. The van der Waals surface area contributed by atoms with Gasteiger partial charge in [-0.05, 0) is 12.8 Å². The van der Waals surface area contributed by atoms with Crippen LogP contribution in [0.15, 0.2) is 6.33 Å². The maximum atomic E-state index is 11.4. The second-order valence-electron chi connectivity index (χ2n) is 4.16. The van der Waals surface area contributed by atoms with Gasteiger partial charge in [-0.3, -0.25) is 4.79 Å². The predicted molar refractivity (Wildman–Crippen MR) is 67.7 cm³/mol. The molecule has 1 rings (SSSR count). The zero-order chi connectivity index (χ0) is 13.0. The number of nitrogens with zero attached hydrogens (tertiary/aromatic N) is 2. The molecule has 1 aromatic heterocycles. The SMILES string of the molecule is CNC(=O)C(C)Nc1ncnc(N)c1C(C)C. The molecule has 1 amide bonds. The maximum absolute atomic E-state index is 11.4. The number of likely N-dealkylation sites (N-methyl/N-ethyl adjacent to an activating group) is 1. The number of carbonyl (C=O) groups excluding carboxylic acids is 1. The Morgan fingerprint density at radius 2 is 2.00 bits per heavy atom. The van der Waals surface area contributed by atoms with Crippen LogP contribution in [0.5, 0.6) is 0 Å². The average molecular weight is 237 g/mol. The highest BCUT2D eigenvalue weighted by atomic mass is 16.2. The molecule has 1 unspecified atom stereocenters. The molecule has 0 aliphatic heterocycles. The van der Waals surface area contributed by atoms with Gasteiger partial charge < -0.3 is 16.4 Å². The lowest BCUT2D eigenvalue weighted by molar-refractivity contribution is -0.121.